The van der Waals surface area contributed by atoms with Crippen LogP contribution in [0.15, 0.2) is 6.07 Å². The molecule has 0 saturated carbocycles. The van der Waals surface area contributed by atoms with Crippen molar-refractivity contribution in [2.45, 2.75) is 39.0 Å². The molecule has 0 spiro atoms. The second kappa shape index (κ2) is 5.24. The number of halogens is 3. The van der Waals surface area contributed by atoms with Crippen molar-refractivity contribution in [2.75, 3.05) is 6.61 Å². The number of hydrogen-bond donors (Lipinski definition) is 2. The first kappa shape index (κ1) is 15.6. The lowest BCUT2D eigenvalue weighted by Gasteiger charge is -2.29. The van der Waals surface area contributed by atoms with Crippen molar-refractivity contribution < 1.29 is 27.8 Å². The van der Waals surface area contributed by atoms with Crippen molar-refractivity contribution >= 4 is 5.97 Å². The number of aromatic amines is 1. The van der Waals surface area contributed by atoms with E-state index in [9.17, 15) is 23.1 Å². The normalized spacial score (nSPS) is 15.1. The first-order valence-corrected chi connectivity index (χ1v) is 5.73. The Bertz CT molecular complexity index is 467. The van der Waals surface area contributed by atoms with Crippen LogP contribution < -0.4 is 0 Å². The van der Waals surface area contributed by atoms with Gasteiger partial charge >= 0.3 is 12.1 Å². The molecule has 4 nitrogen and oxygen atoms in total. The van der Waals surface area contributed by atoms with Crippen LogP contribution in [0.2, 0.25) is 0 Å². The molecule has 0 aliphatic heterocycles. The Balaban J connectivity index is 3.21. The van der Waals surface area contributed by atoms with Gasteiger partial charge in [0.15, 0.2) is 0 Å². The molecule has 0 aliphatic carbocycles. The summed E-state index contributed by atoms with van der Waals surface area (Å²) in [5.74, 6) is -1.10. The number of H-pyrrole nitrogens is 1. The van der Waals surface area contributed by atoms with E-state index in [4.69, 9.17) is 0 Å². The highest BCUT2D eigenvalue weighted by molar-refractivity contribution is 5.71. The SMILES string of the molecule is CCOC(=O)CC(O)(c1[nH]c(C)cc1C)C(F)(F)F. The van der Waals surface area contributed by atoms with Crippen LogP contribution in [0.1, 0.15) is 30.3 Å². The van der Waals surface area contributed by atoms with Gasteiger partial charge in [0, 0.05) is 5.69 Å². The summed E-state index contributed by atoms with van der Waals surface area (Å²) in [5, 5.41) is 9.95. The summed E-state index contributed by atoms with van der Waals surface area (Å²) in [6, 6.07) is 1.47. The zero-order chi connectivity index (χ0) is 14.8. The highest BCUT2D eigenvalue weighted by Crippen LogP contribution is 2.42. The molecule has 1 rings (SSSR count). The Morgan fingerprint density at radius 1 is 1.42 bits per heavy atom. The van der Waals surface area contributed by atoms with Crippen LogP contribution in [-0.2, 0) is 15.1 Å². The molecule has 1 heterocycles. The van der Waals surface area contributed by atoms with Gasteiger partial charge in [0.2, 0.25) is 5.60 Å². The van der Waals surface area contributed by atoms with Gasteiger partial charge in [-0.3, -0.25) is 4.79 Å². The lowest BCUT2D eigenvalue weighted by Crippen LogP contribution is -2.45. The quantitative estimate of drug-likeness (QED) is 0.831. The van der Waals surface area contributed by atoms with Gasteiger partial charge in [-0.1, -0.05) is 0 Å². The fourth-order valence-corrected chi connectivity index (χ4v) is 1.91. The maximum atomic E-state index is 13.1. The number of aryl methyl sites for hydroxylation is 2. The molecular formula is C12H16F3NO3. The molecule has 1 aromatic rings. The summed E-state index contributed by atoms with van der Waals surface area (Å²) in [5.41, 5.74) is -2.98. The molecule has 0 aromatic carbocycles. The van der Waals surface area contributed by atoms with Crippen molar-refractivity contribution in [3.05, 3.63) is 23.0 Å². The second-order valence-corrected chi connectivity index (χ2v) is 4.35. The molecule has 0 radical (unpaired) electrons. The van der Waals surface area contributed by atoms with Gasteiger partial charge in [-0.15, -0.1) is 0 Å². The van der Waals surface area contributed by atoms with Gasteiger partial charge in [-0.2, -0.15) is 13.2 Å². The Labute approximate surface area is 108 Å². The summed E-state index contributed by atoms with van der Waals surface area (Å²) >= 11 is 0. The van der Waals surface area contributed by atoms with E-state index in [-0.39, 0.29) is 12.2 Å². The van der Waals surface area contributed by atoms with Gasteiger partial charge in [0.25, 0.3) is 0 Å². The minimum Gasteiger partial charge on any atom is -0.466 e. The molecule has 19 heavy (non-hydrogen) atoms. The number of hydrogen-bond acceptors (Lipinski definition) is 3. The number of aliphatic hydroxyl groups is 1. The number of carbonyl (C=O) groups excluding carboxylic acids is 1. The highest BCUT2D eigenvalue weighted by atomic mass is 19.4. The largest absolute Gasteiger partial charge is 0.466 e. The van der Waals surface area contributed by atoms with Crippen molar-refractivity contribution in [1.82, 2.24) is 4.98 Å². The van der Waals surface area contributed by atoms with Crippen molar-refractivity contribution in [1.29, 1.82) is 0 Å². The molecular weight excluding hydrogens is 263 g/mol. The summed E-state index contributed by atoms with van der Waals surface area (Å²) in [7, 11) is 0. The van der Waals surface area contributed by atoms with Crippen LogP contribution in [0.5, 0.6) is 0 Å². The van der Waals surface area contributed by atoms with Crippen LogP contribution in [-0.4, -0.2) is 28.8 Å². The van der Waals surface area contributed by atoms with E-state index in [2.05, 4.69) is 9.72 Å². The molecule has 1 aromatic heterocycles. The van der Waals surface area contributed by atoms with Gasteiger partial charge in [0.05, 0.1) is 18.7 Å². The van der Waals surface area contributed by atoms with E-state index >= 15 is 0 Å². The predicted octanol–water partition coefficient (Wildman–Crippen LogP) is 2.33. The Kier molecular flexibility index (Phi) is 4.29. The minimum atomic E-state index is -4.98. The summed E-state index contributed by atoms with van der Waals surface area (Å²) in [6.45, 7) is 4.43. The zero-order valence-corrected chi connectivity index (χ0v) is 10.9. The van der Waals surface area contributed by atoms with E-state index in [0.717, 1.165) is 0 Å². The topological polar surface area (TPSA) is 62.3 Å². The summed E-state index contributed by atoms with van der Waals surface area (Å²) in [6.07, 6.45) is -6.16. The maximum Gasteiger partial charge on any atom is 0.423 e. The van der Waals surface area contributed by atoms with Crippen molar-refractivity contribution in [3.63, 3.8) is 0 Å². The number of esters is 1. The van der Waals surface area contributed by atoms with Crippen LogP contribution >= 0.6 is 0 Å². The van der Waals surface area contributed by atoms with Gasteiger partial charge in [-0.05, 0) is 32.4 Å². The Morgan fingerprint density at radius 3 is 2.37 bits per heavy atom. The Morgan fingerprint density at radius 2 is 2.00 bits per heavy atom. The molecule has 0 aliphatic rings. The number of rotatable bonds is 4. The molecule has 0 bridgehead atoms. The molecule has 2 N–H and O–H groups in total. The molecule has 1 atom stereocenters. The number of nitrogens with one attached hydrogen (secondary N) is 1. The van der Waals surface area contributed by atoms with E-state index in [1.165, 1.54) is 19.9 Å². The van der Waals surface area contributed by atoms with Gasteiger partial charge in [-0.25, -0.2) is 0 Å². The zero-order valence-electron chi connectivity index (χ0n) is 10.9. The third-order valence-electron chi connectivity index (χ3n) is 2.74. The lowest BCUT2D eigenvalue weighted by atomic mass is 9.92. The molecule has 0 fully saturated rings. The van der Waals surface area contributed by atoms with Crippen molar-refractivity contribution in [2.24, 2.45) is 0 Å². The van der Waals surface area contributed by atoms with Crippen LogP contribution in [0.25, 0.3) is 0 Å². The minimum absolute atomic E-state index is 0.0461. The van der Waals surface area contributed by atoms with E-state index in [0.29, 0.717) is 5.69 Å². The smallest absolute Gasteiger partial charge is 0.423 e. The second-order valence-electron chi connectivity index (χ2n) is 4.35. The number of carbonyl (C=O) groups is 1. The molecule has 1 unspecified atom stereocenters. The average molecular weight is 279 g/mol. The first-order chi connectivity index (χ1) is 8.61. The average Bonchev–Trinajstić information content (AvgIpc) is 2.56. The fourth-order valence-electron chi connectivity index (χ4n) is 1.91. The van der Waals surface area contributed by atoms with Gasteiger partial charge in [0.1, 0.15) is 0 Å². The van der Waals surface area contributed by atoms with E-state index < -0.39 is 29.9 Å². The molecule has 0 saturated heterocycles. The standard InChI is InChI=1S/C12H16F3NO3/c1-4-19-9(17)6-11(18,12(13,14)15)10-7(2)5-8(3)16-10/h5,16,18H,4,6H2,1-3H3. The highest BCUT2D eigenvalue weighted by Gasteiger charge is 2.58. The maximum absolute atomic E-state index is 13.1. The lowest BCUT2D eigenvalue weighted by molar-refractivity contribution is -0.271. The van der Waals surface area contributed by atoms with E-state index in [1.807, 2.05) is 0 Å². The third kappa shape index (κ3) is 3.09. The summed E-state index contributed by atoms with van der Waals surface area (Å²) in [4.78, 5) is 13.8. The molecule has 0 amide bonds. The van der Waals surface area contributed by atoms with Gasteiger partial charge < -0.3 is 14.8 Å². The van der Waals surface area contributed by atoms with Crippen LogP contribution in [0, 0.1) is 13.8 Å². The number of aromatic nitrogens is 1. The third-order valence-corrected chi connectivity index (χ3v) is 2.74. The summed E-state index contributed by atoms with van der Waals surface area (Å²) < 4.78 is 43.8. The fraction of sp³-hybridized carbons (Fsp3) is 0.583. The van der Waals surface area contributed by atoms with E-state index in [1.54, 1.807) is 6.92 Å². The Hall–Kier alpha value is -1.50. The first-order valence-electron chi connectivity index (χ1n) is 5.73. The number of ether oxygens (including phenoxy) is 1. The van der Waals surface area contributed by atoms with Crippen molar-refractivity contribution in [3.8, 4) is 0 Å². The molecule has 7 heteroatoms. The van der Waals surface area contributed by atoms with Crippen LogP contribution in [0.3, 0.4) is 0 Å². The molecule has 108 valence electrons. The monoisotopic (exact) mass is 279 g/mol. The van der Waals surface area contributed by atoms with Crippen LogP contribution in [0.4, 0.5) is 13.2 Å². The number of alkyl halides is 3. The predicted molar refractivity (Wildman–Crippen MR) is 61.5 cm³/mol.